The molecule has 158 valence electrons. The number of carbonyl (C=O) groups excluding carboxylic acids is 1. The number of nitrogens with one attached hydrogen (secondary N) is 1. The summed E-state index contributed by atoms with van der Waals surface area (Å²) >= 11 is 5.86. The van der Waals surface area contributed by atoms with Gasteiger partial charge in [0.25, 0.3) is 5.56 Å². The van der Waals surface area contributed by atoms with Gasteiger partial charge in [0, 0.05) is 28.4 Å². The minimum Gasteiger partial charge on any atom is -0.358 e. The Morgan fingerprint density at radius 1 is 1.19 bits per heavy atom. The lowest BCUT2D eigenvalue weighted by molar-refractivity contribution is -0.117. The third-order valence-corrected chi connectivity index (χ3v) is 4.46. The summed E-state index contributed by atoms with van der Waals surface area (Å²) in [5.74, 6) is -1.20. The van der Waals surface area contributed by atoms with E-state index in [-0.39, 0.29) is 11.3 Å². The van der Waals surface area contributed by atoms with Crippen molar-refractivity contribution in [3.05, 3.63) is 75.5 Å². The number of halogens is 2. The Hall–Kier alpha value is -3.75. The molecule has 0 bridgehead atoms. The summed E-state index contributed by atoms with van der Waals surface area (Å²) in [6.45, 7) is -0.478. The average molecular weight is 463 g/mol. The number of hydrogen-bond donors (Lipinski definition) is 1. The summed E-state index contributed by atoms with van der Waals surface area (Å²) in [6, 6.07) is 14.4. The van der Waals surface area contributed by atoms with Crippen molar-refractivity contribution in [3.8, 4) is 23.1 Å². The molecular weight excluding hydrogens is 451 g/mol. The van der Waals surface area contributed by atoms with E-state index in [0.29, 0.717) is 16.3 Å². The molecule has 1 heterocycles. The zero-order chi connectivity index (χ0) is 22.6. The summed E-state index contributed by atoms with van der Waals surface area (Å²) in [6.07, 6.45) is 0. The Labute approximate surface area is 180 Å². The summed E-state index contributed by atoms with van der Waals surface area (Å²) in [5.41, 5.74) is 0.446. The van der Waals surface area contributed by atoms with Gasteiger partial charge in [-0.25, -0.2) is 4.68 Å². The molecule has 2 aromatic carbocycles. The van der Waals surface area contributed by atoms with E-state index in [9.17, 15) is 21.9 Å². The van der Waals surface area contributed by atoms with Crippen molar-refractivity contribution in [1.82, 2.24) is 9.78 Å². The van der Waals surface area contributed by atoms with Crippen LogP contribution in [0, 0.1) is 11.3 Å². The van der Waals surface area contributed by atoms with Crippen LogP contribution in [0.3, 0.4) is 0 Å². The Kier molecular flexibility index (Phi) is 6.33. The number of aromatic nitrogens is 2. The maximum atomic E-state index is 12.8. The molecule has 9 nitrogen and oxygen atoms in total. The molecule has 3 rings (SSSR count). The van der Waals surface area contributed by atoms with Crippen LogP contribution in [0.5, 0.6) is 5.75 Å². The van der Waals surface area contributed by atoms with Crippen LogP contribution in [0.25, 0.3) is 11.3 Å². The van der Waals surface area contributed by atoms with Crippen LogP contribution in [0.1, 0.15) is 5.56 Å². The maximum Gasteiger partial charge on any atom is 0.488 e. The minimum absolute atomic E-state index is 0.0374. The van der Waals surface area contributed by atoms with Crippen LogP contribution in [-0.4, -0.2) is 24.1 Å². The van der Waals surface area contributed by atoms with Crippen LogP contribution in [0.4, 0.5) is 9.57 Å². The van der Waals surface area contributed by atoms with Gasteiger partial charge in [-0.05, 0) is 30.3 Å². The predicted octanol–water partition coefficient (Wildman–Crippen LogP) is 2.67. The first-order valence-electron chi connectivity index (χ1n) is 8.46. The summed E-state index contributed by atoms with van der Waals surface area (Å²) in [7, 11) is -5.32. The Bertz CT molecular complexity index is 1350. The Morgan fingerprint density at radius 2 is 1.90 bits per heavy atom. The van der Waals surface area contributed by atoms with E-state index in [2.05, 4.69) is 14.6 Å². The van der Waals surface area contributed by atoms with Crippen molar-refractivity contribution < 1.29 is 21.3 Å². The molecule has 31 heavy (non-hydrogen) atoms. The van der Waals surface area contributed by atoms with Gasteiger partial charge in [0.05, 0.1) is 17.3 Å². The fourth-order valence-corrected chi connectivity index (χ4v) is 3.02. The van der Waals surface area contributed by atoms with Gasteiger partial charge in [-0.3, -0.25) is 9.59 Å². The molecular formula is C19H12ClFN4O5S. The van der Waals surface area contributed by atoms with E-state index in [0.717, 1.165) is 16.8 Å². The Balaban J connectivity index is 1.82. The Morgan fingerprint density at radius 3 is 2.55 bits per heavy atom. The van der Waals surface area contributed by atoms with Gasteiger partial charge in [-0.2, -0.15) is 18.8 Å². The fourth-order valence-electron chi connectivity index (χ4n) is 2.57. The monoisotopic (exact) mass is 462 g/mol. The molecule has 0 fully saturated rings. The van der Waals surface area contributed by atoms with Gasteiger partial charge in [0.15, 0.2) is 0 Å². The largest absolute Gasteiger partial charge is 0.488 e. The number of hydrogen-bond acceptors (Lipinski definition) is 7. The van der Waals surface area contributed by atoms with E-state index < -0.39 is 34.3 Å². The minimum atomic E-state index is -5.32. The average Bonchev–Trinajstić information content (AvgIpc) is 2.68. The predicted molar refractivity (Wildman–Crippen MR) is 109 cm³/mol. The van der Waals surface area contributed by atoms with E-state index >= 15 is 0 Å². The molecule has 1 aromatic heterocycles. The summed E-state index contributed by atoms with van der Waals surface area (Å²) in [5, 5.41) is 16.1. The molecule has 0 spiro atoms. The summed E-state index contributed by atoms with van der Waals surface area (Å²) in [4.78, 5) is 24.5. The maximum absolute atomic E-state index is 12.8. The topological polar surface area (TPSA) is 131 Å². The molecule has 0 aliphatic carbocycles. The third-order valence-electron chi connectivity index (χ3n) is 3.82. The second kappa shape index (κ2) is 8.95. The lowest BCUT2D eigenvalue weighted by atomic mass is 10.1. The highest BCUT2D eigenvalue weighted by molar-refractivity contribution is 7.81. The van der Waals surface area contributed by atoms with Crippen LogP contribution < -0.4 is 15.1 Å². The number of benzene rings is 2. The van der Waals surface area contributed by atoms with E-state index in [1.807, 2.05) is 0 Å². The number of rotatable bonds is 6. The van der Waals surface area contributed by atoms with Gasteiger partial charge >= 0.3 is 10.5 Å². The van der Waals surface area contributed by atoms with Gasteiger partial charge < -0.3 is 9.50 Å². The molecule has 0 aliphatic heterocycles. The first-order valence-corrected chi connectivity index (χ1v) is 10.1. The fraction of sp³-hybridized carbons (Fsp3) is 0.0526. The van der Waals surface area contributed by atoms with E-state index in [4.69, 9.17) is 16.9 Å². The van der Waals surface area contributed by atoms with Crippen molar-refractivity contribution in [1.29, 1.82) is 5.26 Å². The molecule has 3 aromatic rings. The SMILES string of the molecule is N#Cc1cc(NC(=O)Cn2nc(-c3ccc(Cl)cc3)ccc2=O)cc(OS(=O)(=O)F)c1. The van der Waals surface area contributed by atoms with E-state index in [1.165, 1.54) is 18.2 Å². The molecule has 0 saturated carbocycles. The number of carbonyl (C=O) groups is 1. The van der Waals surface area contributed by atoms with Crippen LogP contribution in [0.2, 0.25) is 5.02 Å². The van der Waals surface area contributed by atoms with E-state index in [1.54, 1.807) is 30.3 Å². The first-order chi connectivity index (χ1) is 14.6. The lowest BCUT2D eigenvalue weighted by Gasteiger charge is -2.10. The molecule has 0 aliphatic rings. The highest BCUT2D eigenvalue weighted by Gasteiger charge is 2.14. The zero-order valence-electron chi connectivity index (χ0n) is 15.5. The molecule has 0 atom stereocenters. The number of nitriles is 1. The number of anilines is 1. The zero-order valence-corrected chi connectivity index (χ0v) is 17.0. The normalized spacial score (nSPS) is 10.9. The molecule has 12 heteroatoms. The van der Waals surface area contributed by atoms with Crippen molar-refractivity contribution in [2.75, 3.05) is 5.32 Å². The third kappa shape index (κ3) is 6.11. The van der Waals surface area contributed by atoms with Crippen molar-refractivity contribution in [2.24, 2.45) is 0 Å². The molecule has 1 amide bonds. The number of nitrogens with zero attached hydrogens (tertiary/aromatic N) is 3. The smallest absolute Gasteiger partial charge is 0.358 e. The second-order valence-corrected chi connectivity index (χ2v) is 7.49. The summed E-state index contributed by atoms with van der Waals surface area (Å²) < 4.78 is 39.1. The van der Waals surface area contributed by atoms with Gasteiger partial charge in [-0.15, -0.1) is 0 Å². The van der Waals surface area contributed by atoms with Crippen LogP contribution in [-0.2, 0) is 21.8 Å². The van der Waals surface area contributed by atoms with Crippen LogP contribution in [0.15, 0.2) is 59.4 Å². The van der Waals surface area contributed by atoms with Crippen molar-refractivity contribution in [3.63, 3.8) is 0 Å². The van der Waals surface area contributed by atoms with Gasteiger partial charge in [-0.1, -0.05) is 27.6 Å². The van der Waals surface area contributed by atoms with Crippen molar-refractivity contribution >= 4 is 33.7 Å². The standard InChI is InChI=1S/C19H12ClFN4O5S/c20-14-3-1-13(2-4-14)17-5-6-19(27)25(24-17)11-18(26)23-15-7-12(10-22)8-16(9-15)30-31(21,28)29/h1-9H,11H2,(H,23,26). The molecule has 0 unspecified atom stereocenters. The molecule has 0 radical (unpaired) electrons. The highest BCUT2D eigenvalue weighted by atomic mass is 35.5. The molecule has 0 saturated heterocycles. The second-order valence-electron chi connectivity index (χ2n) is 6.10. The van der Waals surface area contributed by atoms with Crippen molar-refractivity contribution in [2.45, 2.75) is 6.54 Å². The lowest BCUT2D eigenvalue weighted by Crippen LogP contribution is -2.29. The molecule has 1 N–H and O–H groups in total. The first kappa shape index (κ1) is 21.9. The number of amides is 1. The van der Waals surface area contributed by atoms with Gasteiger partial charge in [0.1, 0.15) is 12.3 Å². The van der Waals surface area contributed by atoms with Gasteiger partial charge in [0.2, 0.25) is 5.91 Å². The quantitative estimate of drug-likeness (QED) is 0.557. The van der Waals surface area contributed by atoms with Crippen LogP contribution >= 0.6 is 11.6 Å². The highest BCUT2D eigenvalue weighted by Crippen LogP contribution is 2.23.